The summed E-state index contributed by atoms with van der Waals surface area (Å²) in [4.78, 5) is 10.7. The molecule has 0 fully saturated rings. The van der Waals surface area contributed by atoms with Crippen LogP contribution in [0.4, 0.5) is 4.79 Å². The van der Waals surface area contributed by atoms with Crippen LogP contribution in [0.15, 0.2) is 0 Å². The number of aliphatic hydroxyl groups excluding tert-OH is 1. The molecule has 66 valence electrons. The number of thioether (sulfide) groups is 1. The molecule has 0 saturated heterocycles. The van der Waals surface area contributed by atoms with Gasteiger partial charge < -0.3 is 15.7 Å². The van der Waals surface area contributed by atoms with Crippen LogP contribution in [0.25, 0.3) is 0 Å². The van der Waals surface area contributed by atoms with Crippen molar-refractivity contribution >= 4 is 17.8 Å². The molecule has 0 aromatic heterocycles. The maximum atomic E-state index is 10.7. The largest absolute Gasteiger partial charge is 0.395 e. The fraction of sp³-hybridized carbons (Fsp3) is 0.833. The summed E-state index contributed by atoms with van der Waals surface area (Å²) in [6.07, 6.45) is 1.98. The Balaban J connectivity index is 3.09. The Kier molecular flexibility index (Phi) is 7.39. The van der Waals surface area contributed by atoms with E-state index in [1.54, 1.807) is 11.8 Å². The predicted octanol–water partition coefficient (Wildman–Crippen LogP) is -0.359. The van der Waals surface area contributed by atoms with Crippen molar-refractivity contribution in [2.75, 3.05) is 31.7 Å². The van der Waals surface area contributed by atoms with E-state index in [1.165, 1.54) is 0 Å². The van der Waals surface area contributed by atoms with Crippen molar-refractivity contribution in [2.45, 2.75) is 0 Å². The van der Waals surface area contributed by atoms with Gasteiger partial charge in [0.05, 0.1) is 6.61 Å². The number of carbonyl (C=O) groups is 1. The van der Waals surface area contributed by atoms with Gasteiger partial charge in [0.1, 0.15) is 0 Å². The first kappa shape index (κ1) is 10.6. The predicted molar refractivity (Wildman–Crippen MR) is 46.9 cm³/mol. The van der Waals surface area contributed by atoms with E-state index in [-0.39, 0.29) is 12.6 Å². The van der Waals surface area contributed by atoms with E-state index < -0.39 is 0 Å². The summed E-state index contributed by atoms with van der Waals surface area (Å²) < 4.78 is 0. The van der Waals surface area contributed by atoms with Crippen molar-refractivity contribution in [3.05, 3.63) is 0 Å². The molecule has 0 atom stereocenters. The zero-order chi connectivity index (χ0) is 8.53. The van der Waals surface area contributed by atoms with Gasteiger partial charge in [-0.3, -0.25) is 0 Å². The lowest BCUT2D eigenvalue weighted by atomic mass is 10.6. The van der Waals surface area contributed by atoms with Crippen molar-refractivity contribution in [2.24, 2.45) is 0 Å². The fourth-order valence-corrected chi connectivity index (χ4v) is 0.805. The Morgan fingerprint density at radius 3 is 2.64 bits per heavy atom. The van der Waals surface area contributed by atoms with Gasteiger partial charge in [-0.15, -0.1) is 0 Å². The quantitative estimate of drug-likeness (QED) is 0.504. The van der Waals surface area contributed by atoms with Crippen LogP contribution in [0.1, 0.15) is 0 Å². The van der Waals surface area contributed by atoms with E-state index in [0.29, 0.717) is 13.1 Å². The minimum absolute atomic E-state index is 0.0179. The van der Waals surface area contributed by atoms with Crippen molar-refractivity contribution in [3.63, 3.8) is 0 Å². The third-order valence-corrected chi connectivity index (χ3v) is 1.60. The molecule has 3 N–H and O–H groups in total. The number of carbonyl (C=O) groups excluding carboxylic acids is 1. The number of urea groups is 1. The van der Waals surface area contributed by atoms with Crippen LogP contribution in [-0.2, 0) is 0 Å². The molecule has 2 amide bonds. The molecule has 0 aromatic carbocycles. The van der Waals surface area contributed by atoms with Gasteiger partial charge in [0, 0.05) is 18.8 Å². The Labute approximate surface area is 70.7 Å². The summed E-state index contributed by atoms with van der Waals surface area (Å²) in [5.74, 6) is 0.909. The van der Waals surface area contributed by atoms with Crippen LogP contribution >= 0.6 is 11.8 Å². The Morgan fingerprint density at radius 2 is 2.09 bits per heavy atom. The topological polar surface area (TPSA) is 61.4 Å². The summed E-state index contributed by atoms with van der Waals surface area (Å²) in [6.45, 7) is 0.958. The molecule has 5 heteroatoms. The summed E-state index contributed by atoms with van der Waals surface area (Å²) >= 11 is 1.68. The van der Waals surface area contributed by atoms with Crippen LogP contribution in [0.3, 0.4) is 0 Å². The summed E-state index contributed by atoms with van der Waals surface area (Å²) in [5, 5.41) is 13.5. The van der Waals surface area contributed by atoms with E-state index in [4.69, 9.17) is 5.11 Å². The van der Waals surface area contributed by atoms with Gasteiger partial charge in [-0.2, -0.15) is 11.8 Å². The molecule has 0 radical (unpaired) electrons. The van der Waals surface area contributed by atoms with Gasteiger partial charge >= 0.3 is 6.03 Å². The number of rotatable bonds is 5. The second-order valence-electron chi connectivity index (χ2n) is 1.90. The molecule has 0 rings (SSSR count). The van der Waals surface area contributed by atoms with Crippen molar-refractivity contribution in [1.82, 2.24) is 10.6 Å². The van der Waals surface area contributed by atoms with Crippen molar-refractivity contribution in [3.8, 4) is 0 Å². The van der Waals surface area contributed by atoms with Crippen LogP contribution in [0, 0.1) is 0 Å². The van der Waals surface area contributed by atoms with Gasteiger partial charge in [0.2, 0.25) is 0 Å². The minimum Gasteiger partial charge on any atom is -0.395 e. The summed E-state index contributed by atoms with van der Waals surface area (Å²) in [6, 6.07) is -0.215. The lowest BCUT2D eigenvalue weighted by molar-refractivity contribution is 0.235. The zero-order valence-electron chi connectivity index (χ0n) is 6.59. The van der Waals surface area contributed by atoms with Crippen LogP contribution in [0.5, 0.6) is 0 Å². The molecule has 0 aliphatic heterocycles. The third kappa shape index (κ3) is 7.48. The molecular weight excluding hydrogens is 164 g/mol. The lowest BCUT2D eigenvalue weighted by Crippen LogP contribution is -2.38. The maximum absolute atomic E-state index is 10.7. The molecule has 0 unspecified atom stereocenters. The highest BCUT2D eigenvalue weighted by Gasteiger charge is 1.95. The average molecular weight is 178 g/mol. The first-order valence-electron chi connectivity index (χ1n) is 3.42. The molecule has 0 aliphatic rings. The van der Waals surface area contributed by atoms with Crippen LogP contribution in [0.2, 0.25) is 0 Å². The van der Waals surface area contributed by atoms with E-state index >= 15 is 0 Å². The number of amides is 2. The number of nitrogens with one attached hydrogen (secondary N) is 2. The summed E-state index contributed by atoms with van der Waals surface area (Å²) in [5.41, 5.74) is 0. The van der Waals surface area contributed by atoms with Crippen LogP contribution in [-0.4, -0.2) is 42.8 Å². The molecule has 0 bridgehead atoms. The highest BCUT2D eigenvalue weighted by atomic mass is 32.2. The Morgan fingerprint density at radius 1 is 1.45 bits per heavy atom. The molecule has 0 aliphatic carbocycles. The van der Waals surface area contributed by atoms with Gasteiger partial charge in [0.25, 0.3) is 0 Å². The SMILES string of the molecule is CSCCNC(=O)NCCO. The van der Waals surface area contributed by atoms with Crippen molar-refractivity contribution < 1.29 is 9.90 Å². The second kappa shape index (κ2) is 7.68. The first-order valence-corrected chi connectivity index (χ1v) is 4.82. The number of hydrogen-bond acceptors (Lipinski definition) is 3. The smallest absolute Gasteiger partial charge is 0.314 e. The average Bonchev–Trinajstić information content (AvgIpc) is 2.01. The fourth-order valence-electron chi connectivity index (χ4n) is 0.499. The van der Waals surface area contributed by atoms with Crippen LogP contribution < -0.4 is 10.6 Å². The normalized spacial score (nSPS) is 9.27. The summed E-state index contributed by atoms with van der Waals surface area (Å²) in [7, 11) is 0. The monoisotopic (exact) mass is 178 g/mol. The molecule has 0 saturated carbocycles. The second-order valence-corrected chi connectivity index (χ2v) is 2.88. The maximum Gasteiger partial charge on any atom is 0.314 e. The molecule has 11 heavy (non-hydrogen) atoms. The number of aliphatic hydroxyl groups is 1. The third-order valence-electron chi connectivity index (χ3n) is 0.989. The van der Waals surface area contributed by atoms with Gasteiger partial charge in [0.15, 0.2) is 0 Å². The molecule has 0 spiro atoms. The standard InChI is InChI=1S/C6H14N2O2S/c1-11-5-3-8-6(10)7-2-4-9/h9H,2-5H2,1H3,(H2,7,8,10). The molecule has 0 aromatic rings. The van der Waals surface area contributed by atoms with Gasteiger partial charge in [-0.25, -0.2) is 4.79 Å². The van der Waals surface area contributed by atoms with Crippen molar-refractivity contribution in [1.29, 1.82) is 0 Å². The number of hydrogen-bond donors (Lipinski definition) is 3. The Hall–Kier alpha value is -0.420. The Bertz CT molecular complexity index is 111. The lowest BCUT2D eigenvalue weighted by Gasteiger charge is -2.04. The van der Waals surface area contributed by atoms with Gasteiger partial charge in [-0.1, -0.05) is 0 Å². The highest BCUT2D eigenvalue weighted by molar-refractivity contribution is 7.98. The zero-order valence-corrected chi connectivity index (χ0v) is 7.41. The molecular formula is C6H14N2O2S. The van der Waals surface area contributed by atoms with E-state index in [1.807, 2.05) is 6.26 Å². The van der Waals surface area contributed by atoms with Gasteiger partial charge in [-0.05, 0) is 6.26 Å². The van der Waals surface area contributed by atoms with E-state index in [0.717, 1.165) is 5.75 Å². The van der Waals surface area contributed by atoms with E-state index in [9.17, 15) is 4.79 Å². The van der Waals surface area contributed by atoms with E-state index in [2.05, 4.69) is 10.6 Å². The minimum atomic E-state index is -0.215. The highest BCUT2D eigenvalue weighted by Crippen LogP contribution is 1.86. The molecule has 4 nitrogen and oxygen atoms in total. The molecule has 0 heterocycles. The first-order chi connectivity index (χ1) is 5.31.